The van der Waals surface area contributed by atoms with Crippen molar-refractivity contribution in [2.75, 3.05) is 0 Å². The average Bonchev–Trinajstić information content (AvgIpc) is 2.74. The summed E-state index contributed by atoms with van der Waals surface area (Å²) in [4.78, 5) is 9.34. The fraction of sp³-hybridized carbons (Fsp3) is 0. The smallest absolute Gasteiger partial charge is 0.0970 e. The van der Waals surface area contributed by atoms with Crippen molar-refractivity contribution in [3.63, 3.8) is 0 Å². The maximum atomic E-state index is 4.67. The van der Waals surface area contributed by atoms with Crippen molar-refractivity contribution in [3.8, 4) is 22.3 Å². The van der Waals surface area contributed by atoms with E-state index in [2.05, 4.69) is 82.8 Å². The van der Waals surface area contributed by atoms with Gasteiger partial charge in [-0.3, -0.25) is 9.97 Å². The Balaban J connectivity index is 0.00000180. The Morgan fingerprint density at radius 1 is 0.444 bits per heavy atom. The first-order valence-corrected chi connectivity index (χ1v) is 8.69. The van der Waals surface area contributed by atoms with Crippen LogP contribution in [0.25, 0.3) is 44.1 Å². The number of aromatic nitrogens is 2. The molecule has 27 heavy (non-hydrogen) atoms. The van der Waals surface area contributed by atoms with E-state index in [9.17, 15) is 0 Å². The van der Waals surface area contributed by atoms with Crippen molar-refractivity contribution in [2.45, 2.75) is 0 Å². The SMILES string of the molecule is [Ir].c1ccc(-c2ccnc3c2ccc2c(-c4ccccc4)ccnc23)cc1. The minimum absolute atomic E-state index is 0. The molecular weight excluding hydrogens is 508 g/mol. The van der Waals surface area contributed by atoms with Gasteiger partial charge in [-0.05, 0) is 34.4 Å². The van der Waals surface area contributed by atoms with Crippen LogP contribution in [0.2, 0.25) is 0 Å². The molecule has 5 aromatic rings. The Labute approximate surface area is 171 Å². The number of fused-ring (bicyclic) bond motifs is 3. The number of benzene rings is 3. The van der Waals surface area contributed by atoms with Crippen LogP contribution < -0.4 is 0 Å². The molecule has 0 saturated carbocycles. The van der Waals surface area contributed by atoms with Gasteiger partial charge in [-0.2, -0.15) is 0 Å². The number of pyridine rings is 2. The molecule has 2 aromatic heterocycles. The van der Waals surface area contributed by atoms with E-state index in [1.807, 2.05) is 24.5 Å². The zero-order valence-corrected chi connectivity index (χ0v) is 16.9. The molecule has 0 aliphatic heterocycles. The third-order valence-corrected chi connectivity index (χ3v) is 4.79. The van der Waals surface area contributed by atoms with Gasteiger partial charge in [0.25, 0.3) is 0 Å². The van der Waals surface area contributed by atoms with Crippen molar-refractivity contribution >= 4 is 21.8 Å². The molecule has 0 spiro atoms. The molecule has 0 unspecified atom stereocenters. The fourth-order valence-corrected chi connectivity index (χ4v) is 3.57. The summed E-state index contributed by atoms with van der Waals surface area (Å²) in [7, 11) is 0. The van der Waals surface area contributed by atoms with Gasteiger partial charge in [-0.25, -0.2) is 0 Å². The first-order chi connectivity index (χ1) is 12.9. The van der Waals surface area contributed by atoms with Crippen molar-refractivity contribution in [3.05, 3.63) is 97.3 Å². The molecule has 3 aromatic carbocycles. The summed E-state index contributed by atoms with van der Waals surface area (Å²) >= 11 is 0. The van der Waals surface area contributed by atoms with Crippen LogP contribution in [0.15, 0.2) is 97.3 Å². The predicted octanol–water partition coefficient (Wildman–Crippen LogP) is 6.11. The molecule has 0 aliphatic carbocycles. The third-order valence-electron chi connectivity index (χ3n) is 4.79. The van der Waals surface area contributed by atoms with Gasteiger partial charge in [0.05, 0.1) is 11.0 Å². The average molecular weight is 525 g/mol. The molecule has 0 atom stereocenters. The third kappa shape index (κ3) is 3.06. The van der Waals surface area contributed by atoms with Crippen LogP contribution >= 0.6 is 0 Å². The van der Waals surface area contributed by atoms with Crippen LogP contribution in [-0.2, 0) is 20.1 Å². The molecule has 0 saturated heterocycles. The summed E-state index contributed by atoms with van der Waals surface area (Å²) in [5.74, 6) is 0. The topological polar surface area (TPSA) is 25.8 Å². The summed E-state index contributed by atoms with van der Waals surface area (Å²) < 4.78 is 0. The van der Waals surface area contributed by atoms with E-state index < -0.39 is 0 Å². The van der Waals surface area contributed by atoms with Crippen molar-refractivity contribution < 1.29 is 20.1 Å². The Hall–Kier alpha value is -2.87. The van der Waals surface area contributed by atoms with Gasteiger partial charge in [0.2, 0.25) is 0 Å². The number of nitrogens with zero attached hydrogens (tertiary/aromatic N) is 2. The monoisotopic (exact) mass is 525 g/mol. The zero-order valence-electron chi connectivity index (χ0n) is 14.5. The van der Waals surface area contributed by atoms with Crippen molar-refractivity contribution in [1.82, 2.24) is 9.97 Å². The van der Waals surface area contributed by atoms with E-state index >= 15 is 0 Å². The molecule has 1 radical (unpaired) electrons. The van der Waals surface area contributed by atoms with Crippen molar-refractivity contribution in [2.24, 2.45) is 0 Å². The summed E-state index contributed by atoms with van der Waals surface area (Å²) in [6, 6.07) is 29.3. The van der Waals surface area contributed by atoms with Crippen LogP contribution in [0.5, 0.6) is 0 Å². The van der Waals surface area contributed by atoms with E-state index in [0.29, 0.717) is 0 Å². The molecule has 0 N–H and O–H groups in total. The second-order valence-corrected chi connectivity index (χ2v) is 6.31. The molecule has 0 bridgehead atoms. The van der Waals surface area contributed by atoms with Gasteiger partial charge in [-0.1, -0.05) is 72.8 Å². The fourth-order valence-electron chi connectivity index (χ4n) is 3.57. The van der Waals surface area contributed by atoms with Crippen molar-refractivity contribution in [1.29, 1.82) is 0 Å². The van der Waals surface area contributed by atoms with E-state index in [-0.39, 0.29) is 20.1 Å². The Morgan fingerprint density at radius 2 is 0.852 bits per heavy atom. The second-order valence-electron chi connectivity index (χ2n) is 6.31. The first-order valence-electron chi connectivity index (χ1n) is 8.69. The zero-order chi connectivity index (χ0) is 17.3. The number of hydrogen-bond acceptors (Lipinski definition) is 2. The molecule has 0 amide bonds. The molecule has 2 nitrogen and oxygen atoms in total. The van der Waals surface area contributed by atoms with E-state index in [4.69, 9.17) is 0 Å². The normalized spacial score (nSPS) is 10.7. The molecule has 0 fully saturated rings. The maximum absolute atomic E-state index is 4.67. The van der Waals surface area contributed by atoms with Crippen LogP contribution in [0.1, 0.15) is 0 Å². The number of rotatable bonds is 2. The minimum atomic E-state index is 0. The van der Waals surface area contributed by atoms with E-state index in [1.54, 1.807) is 0 Å². The van der Waals surface area contributed by atoms with Crippen LogP contribution in [0.3, 0.4) is 0 Å². The Kier molecular flexibility index (Phi) is 4.81. The Bertz CT molecular complexity index is 1120. The summed E-state index contributed by atoms with van der Waals surface area (Å²) in [5, 5.41) is 2.26. The summed E-state index contributed by atoms with van der Waals surface area (Å²) in [6.07, 6.45) is 3.75. The van der Waals surface area contributed by atoms with Crippen LogP contribution in [0, 0.1) is 0 Å². The standard InChI is InChI=1S/C24H16N2.Ir/c1-3-7-17(8-4-1)19-13-15-25-23-21(19)11-12-22-20(14-16-26-24(22)23)18-9-5-2-6-10-18;/h1-16H;. The molecule has 5 rings (SSSR count). The van der Waals surface area contributed by atoms with Gasteiger partial charge in [-0.15, -0.1) is 0 Å². The largest absolute Gasteiger partial charge is 0.254 e. The molecular formula is C24H16IrN2. The molecule has 131 valence electrons. The van der Waals surface area contributed by atoms with Gasteiger partial charge in [0, 0.05) is 43.3 Å². The quantitative estimate of drug-likeness (QED) is 0.260. The molecule has 0 aliphatic rings. The van der Waals surface area contributed by atoms with Gasteiger partial charge >= 0.3 is 0 Å². The first kappa shape index (κ1) is 17.5. The second kappa shape index (κ2) is 7.40. The summed E-state index contributed by atoms with van der Waals surface area (Å²) in [5.41, 5.74) is 6.65. The van der Waals surface area contributed by atoms with Gasteiger partial charge < -0.3 is 0 Å². The van der Waals surface area contributed by atoms with Gasteiger partial charge in [0.15, 0.2) is 0 Å². The Morgan fingerprint density at radius 3 is 1.26 bits per heavy atom. The van der Waals surface area contributed by atoms with Crippen LogP contribution in [-0.4, -0.2) is 9.97 Å². The van der Waals surface area contributed by atoms with Crippen LogP contribution in [0.4, 0.5) is 0 Å². The van der Waals surface area contributed by atoms with Gasteiger partial charge in [0.1, 0.15) is 0 Å². The maximum Gasteiger partial charge on any atom is 0.0970 e. The number of hydrogen-bond donors (Lipinski definition) is 0. The minimum Gasteiger partial charge on any atom is -0.254 e. The molecule has 3 heteroatoms. The summed E-state index contributed by atoms with van der Waals surface area (Å²) in [6.45, 7) is 0. The predicted molar refractivity (Wildman–Crippen MR) is 108 cm³/mol. The van der Waals surface area contributed by atoms with E-state index in [1.165, 1.54) is 22.3 Å². The van der Waals surface area contributed by atoms with E-state index in [0.717, 1.165) is 21.8 Å². The molecule has 2 heterocycles.